The van der Waals surface area contributed by atoms with E-state index in [1.807, 2.05) is 0 Å². The number of rotatable bonds is 6. The number of nitrogens with zero attached hydrogens (tertiary/aromatic N) is 1. The Morgan fingerprint density at radius 1 is 1.25 bits per heavy atom. The summed E-state index contributed by atoms with van der Waals surface area (Å²) in [7, 11) is 0. The normalized spacial score (nSPS) is 13.8. The summed E-state index contributed by atoms with van der Waals surface area (Å²) in [5, 5.41) is 12.9. The van der Waals surface area contributed by atoms with Crippen molar-refractivity contribution >= 4 is 17.9 Å². The highest BCUT2D eigenvalue weighted by atomic mass is 16.6. The minimum Gasteiger partial charge on any atom is -0.464 e. The number of carbonyl (C=O) groups is 2. The van der Waals surface area contributed by atoms with Crippen LogP contribution in [-0.2, 0) is 20.7 Å². The molecular weight excluding hydrogens is 312 g/mol. The molecule has 1 amide bonds. The van der Waals surface area contributed by atoms with Gasteiger partial charge in [-0.3, -0.25) is 5.32 Å². The van der Waals surface area contributed by atoms with Gasteiger partial charge in [0.15, 0.2) is 5.60 Å². The third-order valence-electron chi connectivity index (χ3n) is 3.19. The molecule has 134 valence electrons. The number of anilines is 1. The first-order valence-electron chi connectivity index (χ1n) is 7.94. The molecule has 1 aromatic rings. The summed E-state index contributed by atoms with van der Waals surface area (Å²) in [5.74, 6) is -0.326. The van der Waals surface area contributed by atoms with Gasteiger partial charge in [0.1, 0.15) is 11.4 Å². The van der Waals surface area contributed by atoms with Crippen molar-refractivity contribution in [1.82, 2.24) is 4.98 Å². The molecule has 1 rings (SSSR count). The molecule has 0 spiro atoms. The Labute approximate surface area is 142 Å². The highest BCUT2D eigenvalue weighted by Crippen LogP contribution is 2.20. The summed E-state index contributed by atoms with van der Waals surface area (Å²) in [5.41, 5.74) is -1.53. The molecule has 0 aliphatic carbocycles. The van der Waals surface area contributed by atoms with Gasteiger partial charge in [-0.05, 0) is 45.7 Å². The van der Waals surface area contributed by atoms with E-state index in [9.17, 15) is 14.7 Å². The fraction of sp³-hybridized carbons (Fsp3) is 0.588. The molecule has 1 aromatic heterocycles. The average Bonchev–Trinajstić information content (AvgIpc) is 2.47. The molecule has 1 heterocycles. The Bertz CT molecular complexity index is 565. The summed E-state index contributed by atoms with van der Waals surface area (Å²) in [6.45, 7) is 8.91. The lowest BCUT2D eigenvalue weighted by Crippen LogP contribution is -2.41. The van der Waals surface area contributed by atoms with E-state index < -0.39 is 23.3 Å². The third kappa shape index (κ3) is 6.16. The molecule has 7 heteroatoms. The second kappa shape index (κ2) is 8.10. The lowest BCUT2D eigenvalue weighted by molar-refractivity contribution is -0.165. The van der Waals surface area contributed by atoms with Gasteiger partial charge in [0.05, 0.1) is 6.61 Å². The van der Waals surface area contributed by atoms with Crippen LogP contribution in [0.5, 0.6) is 0 Å². The van der Waals surface area contributed by atoms with Gasteiger partial charge in [-0.1, -0.05) is 13.0 Å². The number of esters is 1. The van der Waals surface area contributed by atoms with Crippen LogP contribution in [0.15, 0.2) is 18.3 Å². The van der Waals surface area contributed by atoms with E-state index in [2.05, 4.69) is 10.3 Å². The van der Waals surface area contributed by atoms with Crippen molar-refractivity contribution in [1.29, 1.82) is 0 Å². The molecule has 24 heavy (non-hydrogen) atoms. The first kappa shape index (κ1) is 19.9. The van der Waals surface area contributed by atoms with E-state index in [4.69, 9.17) is 9.47 Å². The smallest absolute Gasteiger partial charge is 0.413 e. The average molecular weight is 338 g/mol. The number of hydrogen-bond donors (Lipinski definition) is 2. The second-order valence-electron chi connectivity index (χ2n) is 6.46. The SMILES string of the molecule is CCOC(=O)C(O)(CC)Cc1ccc(NC(=O)OC(C)(C)C)nc1. The highest BCUT2D eigenvalue weighted by Gasteiger charge is 2.35. The monoisotopic (exact) mass is 338 g/mol. The van der Waals surface area contributed by atoms with Crippen LogP contribution in [0.4, 0.5) is 10.6 Å². The van der Waals surface area contributed by atoms with Gasteiger partial charge < -0.3 is 14.6 Å². The predicted molar refractivity (Wildman–Crippen MR) is 89.7 cm³/mol. The van der Waals surface area contributed by atoms with E-state index in [0.29, 0.717) is 11.4 Å². The number of pyridine rings is 1. The van der Waals surface area contributed by atoms with Crippen molar-refractivity contribution in [2.75, 3.05) is 11.9 Å². The Balaban J connectivity index is 2.73. The van der Waals surface area contributed by atoms with Gasteiger partial charge in [-0.15, -0.1) is 0 Å². The molecular formula is C17H26N2O5. The van der Waals surface area contributed by atoms with Crippen LogP contribution < -0.4 is 5.32 Å². The predicted octanol–water partition coefficient (Wildman–Crippen LogP) is 2.68. The Kier molecular flexibility index (Phi) is 6.71. The van der Waals surface area contributed by atoms with Gasteiger partial charge in [0.2, 0.25) is 0 Å². The molecule has 0 fully saturated rings. The van der Waals surface area contributed by atoms with Crippen LogP contribution in [0, 0.1) is 0 Å². The number of aromatic nitrogens is 1. The standard InChI is InChI=1S/C17H26N2O5/c1-6-17(22,14(20)23-7-2)10-12-8-9-13(18-11-12)19-15(21)24-16(3,4)5/h8-9,11,22H,6-7,10H2,1-5H3,(H,18,19,21). The first-order chi connectivity index (χ1) is 11.1. The molecule has 0 bridgehead atoms. The van der Waals surface area contributed by atoms with Crippen LogP contribution >= 0.6 is 0 Å². The van der Waals surface area contributed by atoms with E-state index in [0.717, 1.165) is 0 Å². The summed E-state index contributed by atoms with van der Waals surface area (Å²) < 4.78 is 10.0. The molecule has 1 atom stereocenters. The molecule has 0 saturated carbocycles. The summed E-state index contributed by atoms with van der Waals surface area (Å²) >= 11 is 0. The Morgan fingerprint density at radius 3 is 2.38 bits per heavy atom. The van der Waals surface area contributed by atoms with Crippen LogP contribution in [0.3, 0.4) is 0 Å². The largest absolute Gasteiger partial charge is 0.464 e. The van der Waals surface area contributed by atoms with Crippen molar-refractivity contribution in [3.8, 4) is 0 Å². The van der Waals surface area contributed by atoms with E-state index in [1.165, 1.54) is 6.20 Å². The van der Waals surface area contributed by atoms with Gasteiger partial charge >= 0.3 is 12.1 Å². The topological polar surface area (TPSA) is 97.8 Å². The zero-order valence-corrected chi connectivity index (χ0v) is 14.9. The van der Waals surface area contributed by atoms with Gasteiger partial charge in [-0.2, -0.15) is 0 Å². The maximum absolute atomic E-state index is 11.9. The zero-order chi connectivity index (χ0) is 18.4. The first-order valence-corrected chi connectivity index (χ1v) is 7.94. The molecule has 0 radical (unpaired) electrons. The van der Waals surface area contributed by atoms with E-state index >= 15 is 0 Å². The summed E-state index contributed by atoms with van der Waals surface area (Å²) in [6.07, 6.45) is 1.21. The molecule has 1 unspecified atom stereocenters. The third-order valence-corrected chi connectivity index (χ3v) is 3.19. The molecule has 0 aliphatic rings. The van der Waals surface area contributed by atoms with Crippen LogP contribution in [-0.4, -0.2) is 40.0 Å². The van der Waals surface area contributed by atoms with Crippen molar-refractivity contribution < 1.29 is 24.2 Å². The number of hydrogen-bond acceptors (Lipinski definition) is 6. The maximum atomic E-state index is 11.9. The Morgan fingerprint density at radius 2 is 1.92 bits per heavy atom. The molecule has 7 nitrogen and oxygen atoms in total. The number of ether oxygens (including phenoxy) is 2. The zero-order valence-electron chi connectivity index (χ0n) is 14.9. The van der Waals surface area contributed by atoms with Crippen molar-refractivity contribution in [2.24, 2.45) is 0 Å². The highest BCUT2D eigenvalue weighted by molar-refractivity contribution is 5.83. The van der Waals surface area contributed by atoms with E-state index in [-0.39, 0.29) is 19.4 Å². The van der Waals surface area contributed by atoms with Crippen LogP contribution in [0.2, 0.25) is 0 Å². The van der Waals surface area contributed by atoms with Crippen molar-refractivity contribution in [3.05, 3.63) is 23.9 Å². The lowest BCUT2D eigenvalue weighted by atomic mass is 9.93. The van der Waals surface area contributed by atoms with Gasteiger partial charge in [0.25, 0.3) is 0 Å². The minimum atomic E-state index is -1.59. The van der Waals surface area contributed by atoms with Crippen LogP contribution in [0.1, 0.15) is 46.6 Å². The lowest BCUT2D eigenvalue weighted by Gasteiger charge is -2.24. The fourth-order valence-electron chi connectivity index (χ4n) is 1.96. The minimum absolute atomic E-state index is 0.0854. The van der Waals surface area contributed by atoms with Crippen LogP contribution in [0.25, 0.3) is 0 Å². The molecule has 0 saturated heterocycles. The van der Waals surface area contributed by atoms with E-state index in [1.54, 1.807) is 46.8 Å². The number of aliphatic hydroxyl groups is 1. The molecule has 0 aromatic carbocycles. The van der Waals surface area contributed by atoms with Crippen molar-refractivity contribution in [2.45, 2.75) is 58.7 Å². The molecule has 2 N–H and O–H groups in total. The van der Waals surface area contributed by atoms with Gasteiger partial charge in [0, 0.05) is 12.6 Å². The second-order valence-corrected chi connectivity index (χ2v) is 6.46. The number of amides is 1. The number of nitrogens with one attached hydrogen (secondary N) is 1. The quantitative estimate of drug-likeness (QED) is 0.774. The van der Waals surface area contributed by atoms with Gasteiger partial charge in [-0.25, -0.2) is 14.6 Å². The molecule has 0 aliphatic heterocycles. The number of carbonyl (C=O) groups excluding carboxylic acids is 2. The summed E-state index contributed by atoms with van der Waals surface area (Å²) in [6, 6.07) is 3.26. The fourth-order valence-corrected chi connectivity index (χ4v) is 1.96. The Hall–Kier alpha value is -2.15. The summed E-state index contributed by atoms with van der Waals surface area (Å²) in [4.78, 5) is 27.7. The van der Waals surface area contributed by atoms with Crippen molar-refractivity contribution in [3.63, 3.8) is 0 Å². The maximum Gasteiger partial charge on any atom is 0.413 e.